The van der Waals surface area contributed by atoms with E-state index in [-0.39, 0.29) is 11.8 Å². The molecule has 0 aromatic carbocycles. The monoisotopic (exact) mass is 305 g/mol. The van der Waals surface area contributed by atoms with Crippen LogP contribution >= 0.6 is 11.3 Å². The highest BCUT2D eigenvalue weighted by molar-refractivity contribution is 7.07. The van der Waals surface area contributed by atoms with Crippen LogP contribution in [0.2, 0.25) is 0 Å². The van der Waals surface area contributed by atoms with Crippen LogP contribution in [-0.2, 0) is 29.5 Å². The van der Waals surface area contributed by atoms with Crippen molar-refractivity contribution in [3.63, 3.8) is 0 Å². The topological polar surface area (TPSA) is 47.4 Å². The van der Waals surface area contributed by atoms with Gasteiger partial charge in [0, 0.05) is 38.7 Å². The van der Waals surface area contributed by atoms with Gasteiger partial charge < -0.3 is 9.64 Å². The second-order valence-corrected chi connectivity index (χ2v) is 6.19. The zero-order chi connectivity index (χ0) is 14.8. The third kappa shape index (κ3) is 2.87. The van der Waals surface area contributed by atoms with Gasteiger partial charge in [0.25, 0.3) is 0 Å². The normalized spacial score (nSPS) is 17.8. The van der Waals surface area contributed by atoms with Crippen molar-refractivity contribution >= 4 is 17.2 Å². The van der Waals surface area contributed by atoms with Crippen LogP contribution in [0.4, 0.5) is 0 Å². The SMILES string of the molecule is COCC1CN(C(=O)Cc2ccsc2)Cc2cnn(C)c21. The molecule has 0 saturated heterocycles. The number of carbonyl (C=O) groups is 1. The molecule has 3 heterocycles. The lowest BCUT2D eigenvalue weighted by atomic mass is 9.96. The molecule has 0 aliphatic carbocycles. The van der Waals surface area contributed by atoms with Crippen molar-refractivity contribution in [1.82, 2.24) is 14.7 Å². The van der Waals surface area contributed by atoms with E-state index < -0.39 is 0 Å². The van der Waals surface area contributed by atoms with Crippen LogP contribution in [0.3, 0.4) is 0 Å². The van der Waals surface area contributed by atoms with Crippen molar-refractivity contribution in [2.24, 2.45) is 7.05 Å². The summed E-state index contributed by atoms with van der Waals surface area (Å²) in [6.07, 6.45) is 2.33. The highest BCUT2D eigenvalue weighted by Crippen LogP contribution is 2.28. The standard InChI is InChI=1S/C15H19N3O2S/c1-17-15-12(6-16-17)7-18(8-13(15)9-20-2)14(19)5-11-3-4-21-10-11/h3-4,6,10,13H,5,7-9H2,1-2H3. The Morgan fingerprint density at radius 1 is 1.57 bits per heavy atom. The molecule has 1 aliphatic rings. The molecule has 1 atom stereocenters. The highest BCUT2D eigenvalue weighted by atomic mass is 32.1. The second kappa shape index (κ2) is 5.99. The van der Waals surface area contributed by atoms with E-state index in [1.807, 2.05) is 39.7 Å². The van der Waals surface area contributed by atoms with Crippen LogP contribution in [0.25, 0.3) is 0 Å². The lowest BCUT2D eigenvalue weighted by Gasteiger charge is -2.33. The molecule has 1 amide bonds. The van der Waals surface area contributed by atoms with Gasteiger partial charge in [-0.25, -0.2) is 0 Å². The van der Waals surface area contributed by atoms with Crippen molar-refractivity contribution in [1.29, 1.82) is 0 Å². The molecule has 0 N–H and O–H groups in total. The summed E-state index contributed by atoms with van der Waals surface area (Å²) < 4.78 is 7.22. The molecule has 0 spiro atoms. The second-order valence-electron chi connectivity index (χ2n) is 5.41. The van der Waals surface area contributed by atoms with Crippen LogP contribution in [-0.4, -0.2) is 40.8 Å². The summed E-state index contributed by atoms with van der Waals surface area (Å²) >= 11 is 1.62. The van der Waals surface area contributed by atoms with Crippen molar-refractivity contribution in [3.05, 3.63) is 39.8 Å². The number of rotatable bonds is 4. The number of fused-ring (bicyclic) bond motifs is 1. The van der Waals surface area contributed by atoms with E-state index in [2.05, 4.69) is 5.10 Å². The molecule has 0 saturated carbocycles. The average molecular weight is 305 g/mol. The molecule has 1 unspecified atom stereocenters. The first-order valence-electron chi connectivity index (χ1n) is 6.97. The molecular weight excluding hydrogens is 286 g/mol. The minimum atomic E-state index is 0.170. The maximum Gasteiger partial charge on any atom is 0.227 e. The quantitative estimate of drug-likeness (QED) is 0.865. The number of aromatic nitrogens is 2. The van der Waals surface area contributed by atoms with Gasteiger partial charge in [-0.05, 0) is 22.4 Å². The van der Waals surface area contributed by atoms with Gasteiger partial charge in [-0.15, -0.1) is 0 Å². The smallest absolute Gasteiger partial charge is 0.227 e. The first-order valence-corrected chi connectivity index (χ1v) is 7.92. The summed E-state index contributed by atoms with van der Waals surface area (Å²) in [6.45, 7) is 1.95. The molecule has 112 valence electrons. The van der Waals surface area contributed by atoms with Gasteiger partial charge >= 0.3 is 0 Å². The van der Waals surface area contributed by atoms with Gasteiger partial charge in [0.2, 0.25) is 5.91 Å². The van der Waals surface area contributed by atoms with Gasteiger partial charge in [-0.2, -0.15) is 16.4 Å². The Bertz CT molecular complexity index is 621. The third-order valence-corrected chi connectivity index (χ3v) is 4.64. The minimum Gasteiger partial charge on any atom is -0.384 e. The minimum absolute atomic E-state index is 0.170. The van der Waals surface area contributed by atoms with E-state index in [1.54, 1.807) is 18.4 Å². The molecular formula is C15H19N3O2S. The van der Waals surface area contributed by atoms with Gasteiger partial charge in [0.1, 0.15) is 0 Å². The van der Waals surface area contributed by atoms with Crippen molar-refractivity contribution in [2.75, 3.05) is 20.3 Å². The van der Waals surface area contributed by atoms with Gasteiger partial charge in [-0.1, -0.05) is 0 Å². The summed E-state index contributed by atoms with van der Waals surface area (Å²) in [5.41, 5.74) is 3.41. The number of hydrogen-bond acceptors (Lipinski definition) is 4. The van der Waals surface area contributed by atoms with Crippen LogP contribution in [0.15, 0.2) is 23.0 Å². The lowest BCUT2D eigenvalue weighted by molar-refractivity contribution is -0.132. The Kier molecular flexibility index (Phi) is 4.07. The van der Waals surface area contributed by atoms with E-state index in [0.29, 0.717) is 26.1 Å². The Balaban J connectivity index is 1.78. The fourth-order valence-corrected chi connectivity index (χ4v) is 3.63. The van der Waals surface area contributed by atoms with Crippen molar-refractivity contribution in [3.8, 4) is 0 Å². The zero-order valence-electron chi connectivity index (χ0n) is 12.3. The van der Waals surface area contributed by atoms with E-state index in [0.717, 1.165) is 11.1 Å². The molecule has 0 bridgehead atoms. The Hall–Kier alpha value is -1.66. The van der Waals surface area contributed by atoms with Gasteiger partial charge in [0.15, 0.2) is 0 Å². The summed E-state index contributed by atoms with van der Waals surface area (Å²) in [5.74, 6) is 0.363. The van der Waals surface area contributed by atoms with Crippen LogP contribution in [0.5, 0.6) is 0 Å². The molecule has 6 heteroatoms. The number of methoxy groups -OCH3 is 1. The molecule has 0 radical (unpaired) electrons. The van der Waals surface area contributed by atoms with E-state index in [9.17, 15) is 4.79 Å². The largest absolute Gasteiger partial charge is 0.384 e. The fourth-order valence-electron chi connectivity index (χ4n) is 2.97. The summed E-state index contributed by atoms with van der Waals surface area (Å²) in [7, 11) is 3.65. The molecule has 2 aromatic heterocycles. The highest BCUT2D eigenvalue weighted by Gasteiger charge is 2.30. The Labute approximate surface area is 128 Å². The molecule has 3 rings (SSSR count). The summed E-state index contributed by atoms with van der Waals surface area (Å²) in [5, 5.41) is 8.36. The first-order chi connectivity index (χ1) is 10.2. The Morgan fingerprint density at radius 3 is 3.14 bits per heavy atom. The number of aryl methyl sites for hydroxylation is 1. The van der Waals surface area contributed by atoms with Crippen LogP contribution in [0, 0.1) is 0 Å². The first kappa shape index (κ1) is 14.3. The molecule has 5 nitrogen and oxygen atoms in total. The fraction of sp³-hybridized carbons (Fsp3) is 0.467. The van der Waals surface area contributed by atoms with Crippen molar-refractivity contribution < 1.29 is 9.53 Å². The van der Waals surface area contributed by atoms with E-state index >= 15 is 0 Å². The van der Waals surface area contributed by atoms with Crippen LogP contribution < -0.4 is 0 Å². The van der Waals surface area contributed by atoms with Gasteiger partial charge in [-0.3, -0.25) is 9.48 Å². The average Bonchev–Trinajstić information content (AvgIpc) is 3.09. The molecule has 21 heavy (non-hydrogen) atoms. The lowest BCUT2D eigenvalue weighted by Crippen LogP contribution is -2.40. The van der Waals surface area contributed by atoms with Crippen LogP contribution in [0.1, 0.15) is 22.7 Å². The molecule has 1 aliphatic heterocycles. The maximum atomic E-state index is 12.5. The number of thiophene rings is 1. The number of carbonyl (C=O) groups excluding carboxylic acids is 1. The molecule has 0 fully saturated rings. The van der Waals surface area contributed by atoms with Gasteiger partial charge in [0.05, 0.1) is 24.9 Å². The maximum absolute atomic E-state index is 12.5. The van der Waals surface area contributed by atoms with Crippen molar-refractivity contribution in [2.45, 2.75) is 18.9 Å². The number of nitrogens with zero attached hydrogens (tertiary/aromatic N) is 3. The predicted octanol–water partition coefficient (Wildman–Crippen LogP) is 1.80. The Morgan fingerprint density at radius 2 is 2.43 bits per heavy atom. The predicted molar refractivity (Wildman–Crippen MR) is 81.3 cm³/mol. The third-order valence-electron chi connectivity index (χ3n) is 3.91. The number of hydrogen-bond donors (Lipinski definition) is 0. The number of amides is 1. The molecule has 2 aromatic rings. The van der Waals surface area contributed by atoms with E-state index in [4.69, 9.17) is 4.74 Å². The summed E-state index contributed by atoms with van der Waals surface area (Å²) in [4.78, 5) is 14.4. The summed E-state index contributed by atoms with van der Waals surface area (Å²) in [6, 6.07) is 2.01. The zero-order valence-corrected chi connectivity index (χ0v) is 13.1. The number of ether oxygens (including phenoxy) is 1. The van der Waals surface area contributed by atoms with E-state index in [1.165, 1.54) is 5.69 Å².